The quantitative estimate of drug-likeness (QED) is 0.852. The van der Waals surface area contributed by atoms with Gasteiger partial charge in [-0.3, -0.25) is 14.5 Å². The number of piperidine rings is 1. The topological polar surface area (TPSA) is 57.6 Å². The van der Waals surface area contributed by atoms with Gasteiger partial charge in [-0.25, -0.2) is 0 Å². The van der Waals surface area contributed by atoms with Crippen molar-refractivity contribution in [1.29, 1.82) is 0 Å². The Morgan fingerprint density at radius 1 is 1.29 bits per heavy atom. The van der Waals surface area contributed by atoms with Crippen LogP contribution in [-0.2, 0) is 9.59 Å². The van der Waals surface area contributed by atoms with Crippen LogP contribution < -0.4 is 0 Å². The van der Waals surface area contributed by atoms with Crippen LogP contribution >= 0.6 is 0 Å². The van der Waals surface area contributed by atoms with E-state index in [1.165, 1.54) is 4.90 Å². The van der Waals surface area contributed by atoms with Crippen molar-refractivity contribution in [2.45, 2.75) is 73.5 Å². The van der Waals surface area contributed by atoms with Gasteiger partial charge in [-0.15, -0.1) is 0 Å². The van der Waals surface area contributed by atoms with Gasteiger partial charge >= 0.3 is 0 Å². The number of aliphatic hydroxyl groups excluding tert-OH is 1. The van der Waals surface area contributed by atoms with Crippen LogP contribution in [0.1, 0.15) is 61.3 Å². The monoisotopic (exact) mass is 295 g/mol. The first-order valence-corrected chi connectivity index (χ1v) is 7.88. The molecule has 0 unspecified atom stereocenters. The Labute approximate surface area is 127 Å². The van der Waals surface area contributed by atoms with Crippen LogP contribution in [0.3, 0.4) is 0 Å². The third-order valence-electron chi connectivity index (χ3n) is 5.93. The zero-order chi connectivity index (χ0) is 16.4. The maximum absolute atomic E-state index is 12.7. The number of fused-ring (bicyclic) bond motifs is 2. The van der Waals surface area contributed by atoms with Gasteiger partial charge in [-0.05, 0) is 23.7 Å². The Morgan fingerprint density at radius 3 is 2.19 bits per heavy atom. The number of rotatable bonds is 2. The molecule has 4 heteroatoms. The number of amides is 2. The van der Waals surface area contributed by atoms with Crippen LogP contribution in [0.5, 0.6) is 0 Å². The van der Waals surface area contributed by atoms with Crippen LogP contribution in [0.2, 0.25) is 0 Å². The molecule has 1 aliphatic carbocycles. The van der Waals surface area contributed by atoms with E-state index in [1.807, 2.05) is 27.7 Å². The van der Waals surface area contributed by atoms with E-state index in [2.05, 4.69) is 13.8 Å². The fraction of sp³-hybridized carbons (Fsp3) is 0.882. The van der Waals surface area contributed by atoms with E-state index in [1.54, 1.807) is 6.92 Å². The Morgan fingerprint density at radius 2 is 1.81 bits per heavy atom. The molecule has 1 saturated carbocycles. The lowest BCUT2D eigenvalue weighted by atomic mass is 9.68. The third kappa shape index (κ3) is 2.23. The normalized spacial score (nSPS) is 34.2. The van der Waals surface area contributed by atoms with Crippen LogP contribution in [0.4, 0.5) is 0 Å². The van der Waals surface area contributed by atoms with E-state index < -0.39 is 17.4 Å². The minimum absolute atomic E-state index is 0.000353. The molecule has 0 spiro atoms. The summed E-state index contributed by atoms with van der Waals surface area (Å²) in [6, 6.07) is -0.000353. The number of likely N-dealkylation sites (tertiary alicyclic amines) is 1. The highest BCUT2D eigenvalue weighted by Gasteiger charge is 2.64. The van der Waals surface area contributed by atoms with Gasteiger partial charge in [0.25, 0.3) is 0 Å². The van der Waals surface area contributed by atoms with Gasteiger partial charge in [-0.1, -0.05) is 48.5 Å². The lowest BCUT2D eigenvalue weighted by molar-refractivity contribution is -0.159. The predicted octanol–water partition coefficient (Wildman–Crippen LogP) is 2.59. The van der Waals surface area contributed by atoms with Gasteiger partial charge in [0, 0.05) is 6.04 Å². The van der Waals surface area contributed by atoms with Gasteiger partial charge in [0.2, 0.25) is 11.8 Å². The summed E-state index contributed by atoms with van der Waals surface area (Å²) in [7, 11) is 0. The van der Waals surface area contributed by atoms with E-state index in [-0.39, 0.29) is 28.7 Å². The first kappa shape index (κ1) is 16.5. The Kier molecular flexibility index (Phi) is 3.57. The molecule has 1 saturated heterocycles. The van der Waals surface area contributed by atoms with Crippen LogP contribution in [-0.4, -0.2) is 34.0 Å². The first-order valence-electron chi connectivity index (χ1n) is 7.88. The van der Waals surface area contributed by atoms with Crippen molar-refractivity contribution in [2.24, 2.45) is 22.2 Å². The standard InChI is InChI=1S/C17H29NO3/c1-10(12(19)15(2,3)4)13(20)18-11-8-16(5,6)17(7,9-11)14(18)21/h10-12,19H,8-9H2,1-7H3/t10-,11-,12-,17+/m1/s1. The van der Waals surface area contributed by atoms with Crippen molar-refractivity contribution in [3.8, 4) is 0 Å². The number of carbonyl (C=O) groups is 2. The predicted molar refractivity (Wildman–Crippen MR) is 81.4 cm³/mol. The maximum Gasteiger partial charge on any atom is 0.235 e. The zero-order valence-electron chi connectivity index (χ0n) is 14.4. The van der Waals surface area contributed by atoms with Crippen molar-refractivity contribution in [2.75, 3.05) is 0 Å². The van der Waals surface area contributed by atoms with E-state index >= 15 is 0 Å². The Balaban J connectivity index is 2.22. The molecule has 1 heterocycles. The average Bonchev–Trinajstić information content (AvgIpc) is 2.71. The summed E-state index contributed by atoms with van der Waals surface area (Å²) in [5, 5.41) is 10.3. The van der Waals surface area contributed by atoms with Gasteiger partial charge in [0.15, 0.2) is 0 Å². The number of hydrogen-bond acceptors (Lipinski definition) is 3. The third-order valence-corrected chi connectivity index (χ3v) is 5.93. The smallest absolute Gasteiger partial charge is 0.235 e. The van der Waals surface area contributed by atoms with Crippen LogP contribution in [0.15, 0.2) is 0 Å². The van der Waals surface area contributed by atoms with E-state index in [0.29, 0.717) is 0 Å². The molecule has 0 aromatic heterocycles. The molecular formula is C17H29NO3. The number of nitrogens with zero attached hydrogens (tertiary/aromatic N) is 1. The Bertz CT molecular complexity index is 477. The molecule has 1 N–H and O–H groups in total. The minimum atomic E-state index is -0.752. The summed E-state index contributed by atoms with van der Waals surface area (Å²) in [5.41, 5.74) is -0.878. The molecule has 21 heavy (non-hydrogen) atoms. The summed E-state index contributed by atoms with van der Waals surface area (Å²) >= 11 is 0. The molecule has 0 aromatic rings. The average molecular weight is 295 g/mol. The van der Waals surface area contributed by atoms with Crippen LogP contribution in [0.25, 0.3) is 0 Å². The summed E-state index contributed by atoms with van der Waals surface area (Å²) in [6.45, 7) is 13.6. The fourth-order valence-electron chi connectivity index (χ4n) is 4.01. The van der Waals surface area contributed by atoms with Crippen LogP contribution in [0, 0.1) is 22.2 Å². The molecule has 0 aromatic carbocycles. The minimum Gasteiger partial charge on any atom is -0.392 e. The van der Waals surface area contributed by atoms with Crippen molar-refractivity contribution in [3.63, 3.8) is 0 Å². The first-order chi connectivity index (χ1) is 9.33. The molecule has 0 radical (unpaired) electrons. The fourth-order valence-corrected chi connectivity index (χ4v) is 4.01. The van der Waals surface area contributed by atoms with Gasteiger partial charge in [0.1, 0.15) is 0 Å². The SMILES string of the molecule is C[C@@H](C(=O)N1C(=O)[C@]2(C)C[C@H]1CC2(C)C)[C@@H](O)C(C)(C)C. The number of carbonyl (C=O) groups excluding carboxylic acids is 2. The molecule has 2 amide bonds. The highest BCUT2D eigenvalue weighted by Crippen LogP contribution is 2.59. The molecule has 120 valence electrons. The van der Waals surface area contributed by atoms with Crippen molar-refractivity contribution in [1.82, 2.24) is 4.90 Å². The molecule has 2 bridgehead atoms. The highest BCUT2D eigenvalue weighted by molar-refractivity contribution is 6.02. The molecule has 4 nitrogen and oxygen atoms in total. The number of imide groups is 1. The summed E-state index contributed by atoms with van der Waals surface area (Å²) in [6.07, 6.45) is 0.861. The second kappa shape index (κ2) is 4.55. The molecule has 2 aliphatic rings. The summed E-state index contributed by atoms with van der Waals surface area (Å²) in [4.78, 5) is 26.9. The lowest BCUT2D eigenvalue weighted by Crippen LogP contribution is -2.54. The molecular weight excluding hydrogens is 266 g/mol. The van der Waals surface area contributed by atoms with Crippen molar-refractivity contribution in [3.05, 3.63) is 0 Å². The second-order valence-corrected chi connectivity index (χ2v) is 8.89. The van der Waals surface area contributed by atoms with Crippen molar-refractivity contribution < 1.29 is 14.7 Å². The van der Waals surface area contributed by atoms with Gasteiger partial charge < -0.3 is 5.11 Å². The lowest BCUT2D eigenvalue weighted by Gasteiger charge is -2.42. The Hall–Kier alpha value is -0.900. The van der Waals surface area contributed by atoms with Gasteiger partial charge in [-0.2, -0.15) is 0 Å². The number of hydrogen-bond donors (Lipinski definition) is 1. The van der Waals surface area contributed by atoms with E-state index in [4.69, 9.17) is 0 Å². The molecule has 2 fully saturated rings. The highest BCUT2D eigenvalue weighted by atomic mass is 16.3. The number of aliphatic hydroxyl groups is 1. The van der Waals surface area contributed by atoms with E-state index in [9.17, 15) is 14.7 Å². The second-order valence-electron chi connectivity index (χ2n) is 8.89. The molecule has 4 atom stereocenters. The summed E-state index contributed by atoms with van der Waals surface area (Å²) in [5.74, 6) is -0.826. The maximum atomic E-state index is 12.7. The van der Waals surface area contributed by atoms with Crippen molar-refractivity contribution >= 4 is 11.8 Å². The molecule has 2 rings (SSSR count). The van der Waals surface area contributed by atoms with Gasteiger partial charge in [0.05, 0.1) is 17.4 Å². The van der Waals surface area contributed by atoms with E-state index in [0.717, 1.165) is 12.8 Å². The molecule has 1 aliphatic heterocycles. The summed E-state index contributed by atoms with van der Waals surface area (Å²) < 4.78 is 0. The largest absolute Gasteiger partial charge is 0.392 e. The zero-order valence-corrected chi connectivity index (χ0v) is 14.4.